The van der Waals surface area contributed by atoms with E-state index in [9.17, 15) is 10.2 Å². The standard InChI is InChI=1S/C24H30N2O2/c1-24(2,3)19-6-4-5-16(12-19)17-7-8-21-18(11-17)13-20(25-21)14-26-10-9-23(28)22(26)15-27/h4-8,11-13,22-23,25,27-28H,9-10,14-15H2,1-3H3/t22-,23+/m1/s1. The van der Waals surface area contributed by atoms with Crippen LogP contribution in [0, 0.1) is 0 Å². The van der Waals surface area contributed by atoms with E-state index in [2.05, 4.69) is 79.2 Å². The summed E-state index contributed by atoms with van der Waals surface area (Å²) in [5, 5.41) is 20.8. The lowest BCUT2D eigenvalue weighted by Gasteiger charge is -2.23. The van der Waals surface area contributed by atoms with Crippen molar-refractivity contribution in [3.63, 3.8) is 0 Å². The van der Waals surface area contributed by atoms with E-state index in [1.165, 1.54) is 22.1 Å². The second-order valence-corrected chi connectivity index (χ2v) is 9.00. The summed E-state index contributed by atoms with van der Waals surface area (Å²) in [6, 6.07) is 17.3. The molecule has 4 heteroatoms. The average Bonchev–Trinajstić information content (AvgIpc) is 3.23. The maximum Gasteiger partial charge on any atom is 0.0730 e. The van der Waals surface area contributed by atoms with Crippen LogP contribution >= 0.6 is 0 Å². The van der Waals surface area contributed by atoms with Crippen molar-refractivity contribution in [3.8, 4) is 11.1 Å². The quantitative estimate of drug-likeness (QED) is 0.642. The van der Waals surface area contributed by atoms with Gasteiger partial charge in [0.1, 0.15) is 0 Å². The Labute approximate surface area is 166 Å². The van der Waals surface area contributed by atoms with Crippen molar-refractivity contribution in [3.05, 3.63) is 59.8 Å². The zero-order valence-electron chi connectivity index (χ0n) is 16.9. The normalized spacial score (nSPS) is 20.9. The first-order valence-electron chi connectivity index (χ1n) is 10.1. The molecule has 1 aliphatic heterocycles. The highest BCUT2D eigenvalue weighted by molar-refractivity contribution is 5.86. The molecule has 0 radical (unpaired) electrons. The number of nitrogens with zero attached hydrogens (tertiary/aromatic N) is 1. The molecule has 1 saturated heterocycles. The van der Waals surface area contributed by atoms with E-state index in [0.29, 0.717) is 6.54 Å². The maximum atomic E-state index is 10.0. The molecule has 4 nitrogen and oxygen atoms in total. The molecule has 0 saturated carbocycles. The molecule has 2 aromatic carbocycles. The van der Waals surface area contributed by atoms with Gasteiger partial charge in [-0.3, -0.25) is 4.90 Å². The summed E-state index contributed by atoms with van der Waals surface area (Å²) in [7, 11) is 0. The number of hydrogen-bond donors (Lipinski definition) is 3. The smallest absolute Gasteiger partial charge is 0.0730 e. The maximum absolute atomic E-state index is 10.0. The van der Waals surface area contributed by atoms with Crippen molar-refractivity contribution in [2.24, 2.45) is 0 Å². The Morgan fingerprint density at radius 2 is 1.86 bits per heavy atom. The molecule has 2 heterocycles. The highest BCUT2D eigenvalue weighted by Gasteiger charge is 2.32. The van der Waals surface area contributed by atoms with Crippen LogP contribution in [0.25, 0.3) is 22.0 Å². The fourth-order valence-electron chi connectivity index (χ4n) is 4.17. The van der Waals surface area contributed by atoms with Crippen LogP contribution in [0.2, 0.25) is 0 Å². The molecular formula is C24H30N2O2. The Morgan fingerprint density at radius 1 is 1.07 bits per heavy atom. The molecule has 0 aliphatic carbocycles. The van der Waals surface area contributed by atoms with Crippen molar-refractivity contribution in [2.45, 2.75) is 51.3 Å². The molecule has 1 aliphatic rings. The van der Waals surface area contributed by atoms with E-state index in [1.807, 2.05) is 0 Å². The molecule has 0 unspecified atom stereocenters. The zero-order chi connectivity index (χ0) is 19.9. The largest absolute Gasteiger partial charge is 0.395 e. The summed E-state index contributed by atoms with van der Waals surface area (Å²) in [5.41, 5.74) is 6.15. The first-order chi connectivity index (χ1) is 13.3. The van der Waals surface area contributed by atoms with Crippen LogP contribution in [0.4, 0.5) is 0 Å². The molecule has 0 amide bonds. The highest BCUT2D eigenvalue weighted by atomic mass is 16.3. The molecule has 0 spiro atoms. The van der Waals surface area contributed by atoms with Gasteiger partial charge in [0.25, 0.3) is 0 Å². The minimum Gasteiger partial charge on any atom is -0.395 e. The number of hydrogen-bond acceptors (Lipinski definition) is 3. The Hall–Kier alpha value is -2.14. The number of rotatable bonds is 4. The third-order valence-electron chi connectivity index (χ3n) is 5.92. The van der Waals surface area contributed by atoms with E-state index in [0.717, 1.165) is 24.2 Å². The number of aromatic nitrogens is 1. The van der Waals surface area contributed by atoms with Gasteiger partial charge < -0.3 is 15.2 Å². The van der Waals surface area contributed by atoms with Crippen molar-refractivity contribution in [1.29, 1.82) is 0 Å². The van der Waals surface area contributed by atoms with Crippen molar-refractivity contribution >= 4 is 10.9 Å². The third kappa shape index (κ3) is 3.72. The third-order valence-corrected chi connectivity index (χ3v) is 5.92. The van der Waals surface area contributed by atoms with Crippen LogP contribution in [0.1, 0.15) is 38.4 Å². The second-order valence-electron chi connectivity index (χ2n) is 9.00. The Bertz CT molecular complexity index is 970. The lowest BCUT2D eigenvalue weighted by molar-refractivity contribution is 0.0679. The molecule has 148 valence electrons. The fraction of sp³-hybridized carbons (Fsp3) is 0.417. The van der Waals surface area contributed by atoms with Crippen LogP contribution in [-0.4, -0.2) is 45.4 Å². The molecule has 4 rings (SSSR count). The predicted molar refractivity (Wildman–Crippen MR) is 114 cm³/mol. The SMILES string of the molecule is CC(C)(C)c1cccc(-c2ccc3[nH]c(CN4CC[C@H](O)[C@H]4CO)cc3c2)c1. The van der Waals surface area contributed by atoms with Crippen LogP contribution in [0.15, 0.2) is 48.5 Å². The number of aliphatic hydroxyl groups is 2. The van der Waals surface area contributed by atoms with Gasteiger partial charge in [0.15, 0.2) is 0 Å². The molecule has 28 heavy (non-hydrogen) atoms. The van der Waals surface area contributed by atoms with E-state index in [-0.39, 0.29) is 18.1 Å². The molecule has 3 N–H and O–H groups in total. The van der Waals surface area contributed by atoms with Crippen LogP contribution in [0.5, 0.6) is 0 Å². The number of aliphatic hydroxyl groups excluding tert-OH is 2. The minimum absolute atomic E-state index is 0.00430. The van der Waals surface area contributed by atoms with Gasteiger partial charge in [-0.05, 0) is 46.7 Å². The van der Waals surface area contributed by atoms with Crippen LogP contribution < -0.4 is 0 Å². The van der Waals surface area contributed by atoms with E-state index < -0.39 is 6.10 Å². The average molecular weight is 379 g/mol. The second kappa shape index (κ2) is 7.36. The Morgan fingerprint density at radius 3 is 2.61 bits per heavy atom. The summed E-state index contributed by atoms with van der Waals surface area (Å²) >= 11 is 0. The topological polar surface area (TPSA) is 59.5 Å². The predicted octanol–water partition coefficient (Wildman–Crippen LogP) is 4.06. The lowest BCUT2D eigenvalue weighted by atomic mass is 9.85. The summed E-state index contributed by atoms with van der Waals surface area (Å²) < 4.78 is 0. The molecule has 1 fully saturated rings. The number of fused-ring (bicyclic) bond motifs is 1. The van der Waals surface area contributed by atoms with Gasteiger partial charge in [0, 0.05) is 29.7 Å². The Kier molecular flexibility index (Phi) is 5.04. The van der Waals surface area contributed by atoms with Gasteiger partial charge in [0.2, 0.25) is 0 Å². The molecule has 0 bridgehead atoms. The number of benzene rings is 2. The summed E-state index contributed by atoms with van der Waals surface area (Å²) in [6.45, 7) is 8.24. The highest BCUT2D eigenvalue weighted by Crippen LogP contribution is 2.30. The van der Waals surface area contributed by atoms with E-state index in [4.69, 9.17) is 0 Å². The Balaban J connectivity index is 1.61. The zero-order valence-corrected chi connectivity index (χ0v) is 16.9. The minimum atomic E-state index is -0.434. The van der Waals surface area contributed by atoms with Crippen molar-refractivity contribution in [2.75, 3.05) is 13.2 Å². The molecule has 1 aromatic heterocycles. The summed E-state index contributed by atoms with van der Waals surface area (Å²) in [4.78, 5) is 5.65. The van der Waals surface area contributed by atoms with Gasteiger partial charge >= 0.3 is 0 Å². The first kappa shape index (κ1) is 19.2. The van der Waals surface area contributed by atoms with Crippen molar-refractivity contribution < 1.29 is 10.2 Å². The summed E-state index contributed by atoms with van der Waals surface area (Å²) in [5.74, 6) is 0. The first-order valence-corrected chi connectivity index (χ1v) is 10.1. The van der Waals surface area contributed by atoms with E-state index >= 15 is 0 Å². The molecule has 2 atom stereocenters. The van der Waals surface area contributed by atoms with Gasteiger partial charge in [-0.25, -0.2) is 0 Å². The van der Waals surface area contributed by atoms with Gasteiger partial charge in [-0.2, -0.15) is 0 Å². The summed E-state index contributed by atoms with van der Waals surface area (Å²) in [6.07, 6.45) is 0.288. The molecular weight excluding hydrogens is 348 g/mol. The van der Waals surface area contributed by atoms with Gasteiger partial charge in [-0.15, -0.1) is 0 Å². The number of likely N-dealkylation sites (tertiary alicyclic amines) is 1. The molecule has 3 aromatic rings. The lowest BCUT2D eigenvalue weighted by Crippen LogP contribution is -2.37. The van der Waals surface area contributed by atoms with Gasteiger partial charge in [0.05, 0.1) is 18.8 Å². The van der Waals surface area contributed by atoms with Crippen LogP contribution in [0.3, 0.4) is 0 Å². The van der Waals surface area contributed by atoms with Crippen LogP contribution in [-0.2, 0) is 12.0 Å². The number of nitrogens with one attached hydrogen (secondary N) is 1. The van der Waals surface area contributed by atoms with E-state index in [1.54, 1.807) is 0 Å². The van der Waals surface area contributed by atoms with Gasteiger partial charge in [-0.1, -0.05) is 51.1 Å². The number of H-pyrrole nitrogens is 1. The monoisotopic (exact) mass is 378 g/mol. The fourth-order valence-corrected chi connectivity index (χ4v) is 4.17. The van der Waals surface area contributed by atoms with Crippen molar-refractivity contribution in [1.82, 2.24) is 9.88 Å². The number of aromatic amines is 1.